The van der Waals surface area contributed by atoms with Crippen molar-refractivity contribution in [2.75, 3.05) is 0 Å². The van der Waals surface area contributed by atoms with Gasteiger partial charge >= 0.3 is 5.97 Å². The number of benzene rings is 1. The van der Waals surface area contributed by atoms with Crippen LogP contribution in [-0.2, 0) is 9.59 Å². The van der Waals surface area contributed by atoms with Gasteiger partial charge in [-0.1, -0.05) is 29.8 Å². The van der Waals surface area contributed by atoms with Crippen LogP contribution < -0.4 is 16.2 Å². The van der Waals surface area contributed by atoms with E-state index in [9.17, 15) is 9.59 Å². The molecule has 0 bridgehead atoms. The molecule has 1 aliphatic heterocycles. The Hall–Kier alpha value is -1.63. The first-order valence-electron chi connectivity index (χ1n) is 6.62. The Kier molecular flexibility index (Phi) is 4.51. The van der Waals surface area contributed by atoms with Gasteiger partial charge in [-0.15, -0.1) is 0 Å². The number of hydrogen-bond donors (Lipinski definition) is 4. The number of hydrogen-bond acceptors (Lipinski definition) is 4. The van der Waals surface area contributed by atoms with E-state index in [0.717, 1.165) is 5.56 Å². The fourth-order valence-electron chi connectivity index (χ4n) is 2.14. The summed E-state index contributed by atoms with van der Waals surface area (Å²) in [6.07, 6.45) is 0.491. The first-order valence-corrected chi connectivity index (χ1v) is 7.00. The van der Waals surface area contributed by atoms with Crippen LogP contribution in [0, 0.1) is 0 Å². The number of amides is 1. The number of carbonyl (C=O) groups excluding carboxylic acids is 1. The van der Waals surface area contributed by atoms with Crippen molar-refractivity contribution >= 4 is 23.5 Å². The molecule has 2 rings (SSSR count). The van der Waals surface area contributed by atoms with E-state index in [2.05, 4.69) is 16.2 Å². The molecule has 2 unspecified atom stereocenters. The molecule has 6 nitrogen and oxygen atoms in total. The summed E-state index contributed by atoms with van der Waals surface area (Å²) in [6, 6.07) is 6.80. The number of carbonyl (C=O) groups is 2. The maximum absolute atomic E-state index is 12.1. The standard InChI is InChI=1S/C14H18ClN3O3/c1-14(2,13(20)21)16-12(19)11-7-10(17-18-11)8-5-3-4-6-9(8)15/h3-6,10-11,17-18H,7H2,1-2H3,(H,16,19)(H,20,21). The van der Waals surface area contributed by atoms with E-state index in [1.807, 2.05) is 18.2 Å². The molecule has 1 aliphatic rings. The molecule has 21 heavy (non-hydrogen) atoms. The maximum Gasteiger partial charge on any atom is 0.328 e. The van der Waals surface area contributed by atoms with Crippen molar-refractivity contribution in [3.63, 3.8) is 0 Å². The molecule has 1 aromatic carbocycles. The zero-order valence-electron chi connectivity index (χ0n) is 11.8. The Morgan fingerprint density at radius 3 is 2.62 bits per heavy atom. The molecule has 1 amide bonds. The van der Waals surface area contributed by atoms with Gasteiger partial charge in [-0.05, 0) is 31.9 Å². The van der Waals surface area contributed by atoms with E-state index in [1.54, 1.807) is 6.07 Å². The van der Waals surface area contributed by atoms with Crippen LogP contribution in [0.2, 0.25) is 5.02 Å². The number of carboxylic acid groups (broad SMARTS) is 1. The summed E-state index contributed by atoms with van der Waals surface area (Å²) in [4.78, 5) is 23.2. The molecule has 114 valence electrons. The average Bonchev–Trinajstić information content (AvgIpc) is 2.88. The minimum atomic E-state index is -1.30. The van der Waals surface area contributed by atoms with Crippen molar-refractivity contribution in [2.24, 2.45) is 0 Å². The predicted octanol–water partition coefficient (Wildman–Crippen LogP) is 1.23. The molecule has 0 spiro atoms. The van der Waals surface area contributed by atoms with Crippen LogP contribution in [0.5, 0.6) is 0 Å². The predicted molar refractivity (Wildman–Crippen MR) is 78.7 cm³/mol. The fraction of sp³-hybridized carbons (Fsp3) is 0.429. The Balaban J connectivity index is 2.01. The quantitative estimate of drug-likeness (QED) is 0.671. The van der Waals surface area contributed by atoms with Crippen molar-refractivity contribution in [1.29, 1.82) is 0 Å². The van der Waals surface area contributed by atoms with E-state index in [-0.39, 0.29) is 11.9 Å². The highest BCUT2D eigenvalue weighted by Crippen LogP contribution is 2.28. The van der Waals surface area contributed by atoms with Crippen molar-refractivity contribution in [2.45, 2.75) is 37.9 Å². The second-order valence-electron chi connectivity index (χ2n) is 5.57. The molecule has 7 heteroatoms. The van der Waals surface area contributed by atoms with Crippen molar-refractivity contribution in [3.8, 4) is 0 Å². The summed E-state index contributed by atoms with van der Waals surface area (Å²) in [6.45, 7) is 2.89. The Morgan fingerprint density at radius 1 is 1.33 bits per heavy atom. The average molecular weight is 312 g/mol. The maximum atomic E-state index is 12.1. The lowest BCUT2D eigenvalue weighted by Gasteiger charge is -2.23. The number of aliphatic carboxylic acids is 1. The van der Waals surface area contributed by atoms with Crippen LogP contribution in [0.15, 0.2) is 24.3 Å². The molecule has 1 aromatic rings. The lowest BCUT2D eigenvalue weighted by molar-refractivity contribution is -0.146. The SMILES string of the molecule is CC(C)(NC(=O)C1CC(c2ccccc2Cl)NN1)C(=O)O. The number of hydrazine groups is 1. The third kappa shape index (κ3) is 3.53. The number of halogens is 1. The van der Waals surface area contributed by atoms with E-state index in [4.69, 9.17) is 16.7 Å². The largest absolute Gasteiger partial charge is 0.480 e. The molecular weight excluding hydrogens is 294 g/mol. The minimum absolute atomic E-state index is 0.0950. The second kappa shape index (κ2) is 6.01. The summed E-state index contributed by atoms with van der Waals surface area (Å²) in [7, 11) is 0. The lowest BCUT2D eigenvalue weighted by Crippen LogP contribution is -2.55. The Morgan fingerprint density at radius 2 is 2.00 bits per heavy atom. The van der Waals surface area contributed by atoms with Gasteiger partial charge < -0.3 is 10.4 Å². The zero-order valence-corrected chi connectivity index (χ0v) is 12.6. The first-order chi connectivity index (χ1) is 9.81. The molecule has 2 atom stereocenters. The normalized spacial score (nSPS) is 22.0. The molecule has 4 N–H and O–H groups in total. The molecule has 0 saturated carbocycles. The number of carboxylic acids is 1. The van der Waals surface area contributed by atoms with Gasteiger partial charge in [-0.25, -0.2) is 15.6 Å². The summed E-state index contributed by atoms with van der Waals surface area (Å²) in [5, 5.41) is 12.2. The molecule has 0 radical (unpaired) electrons. The zero-order chi connectivity index (χ0) is 15.6. The number of rotatable bonds is 4. The highest BCUT2D eigenvalue weighted by molar-refractivity contribution is 6.31. The van der Waals surface area contributed by atoms with Gasteiger partial charge in [0.25, 0.3) is 0 Å². The third-order valence-electron chi connectivity index (χ3n) is 3.47. The first kappa shape index (κ1) is 15.8. The highest BCUT2D eigenvalue weighted by atomic mass is 35.5. The van der Waals surface area contributed by atoms with Crippen LogP contribution in [0.3, 0.4) is 0 Å². The van der Waals surface area contributed by atoms with E-state index < -0.39 is 17.6 Å². The lowest BCUT2D eigenvalue weighted by atomic mass is 10.0. The topological polar surface area (TPSA) is 90.5 Å². The van der Waals surface area contributed by atoms with Crippen molar-refractivity contribution in [1.82, 2.24) is 16.2 Å². The van der Waals surface area contributed by atoms with Gasteiger partial charge in [0.15, 0.2) is 0 Å². The van der Waals surface area contributed by atoms with E-state index in [1.165, 1.54) is 13.8 Å². The van der Waals surface area contributed by atoms with Gasteiger partial charge in [0.05, 0.1) is 0 Å². The van der Waals surface area contributed by atoms with Crippen LogP contribution in [0.25, 0.3) is 0 Å². The fourth-order valence-corrected chi connectivity index (χ4v) is 2.41. The molecule has 0 aromatic heterocycles. The minimum Gasteiger partial charge on any atom is -0.480 e. The van der Waals surface area contributed by atoms with Gasteiger partial charge in [0, 0.05) is 11.1 Å². The van der Waals surface area contributed by atoms with E-state index >= 15 is 0 Å². The smallest absolute Gasteiger partial charge is 0.328 e. The number of nitrogens with one attached hydrogen (secondary N) is 3. The van der Waals surface area contributed by atoms with Crippen LogP contribution in [-0.4, -0.2) is 28.6 Å². The Bertz CT molecular complexity index is 562. The second-order valence-corrected chi connectivity index (χ2v) is 5.98. The summed E-state index contributed by atoms with van der Waals surface area (Å²) in [5.41, 5.74) is 5.50. The monoisotopic (exact) mass is 311 g/mol. The summed E-state index contributed by atoms with van der Waals surface area (Å²) in [5.74, 6) is -1.44. The molecular formula is C14H18ClN3O3. The van der Waals surface area contributed by atoms with Crippen LogP contribution in [0.1, 0.15) is 31.9 Å². The highest BCUT2D eigenvalue weighted by Gasteiger charge is 2.36. The van der Waals surface area contributed by atoms with Gasteiger partial charge in [-0.3, -0.25) is 4.79 Å². The molecule has 1 heterocycles. The third-order valence-corrected chi connectivity index (χ3v) is 3.81. The molecule has 0 aliphatic carbocycles. The summed E-state index contributed by atoms with van der Waals surface area (Å²) >= 11 is 6.13. The van der Waals surface area contributed by atoms with Gasteiger partial charge in [0.1, 0.15) is 11.6 Å². The summed E-state index contributed by atoms with van der Waals surface area (Å²) < 4.78 is 0. The Labute approximate surface area is 127 Å². The van der Waals surface area contributed by atoms with Crippen LogP contribution >= 0.6 is 11.6 Å². The molecule has 1 fully saturated rings. The van der Waals surface area contributed by atoms with Crippen molar-refractivity contribution < 1.29 is 14.7 Å². The van der Waals surface area contributed by atoms with Crippen molar-refractivity contribution in [3.05, 3.63) is 34.9 Å². The van der Waals surface area contributed by atoms with Gasteiger partial charge in [-0.2, -0.15) is 0 Å². The van der Waals surface area contributed by atoms with Gasteiger partial charge in [0.2, 0.25) is 5.91 Å². The molecule has 1 saturated heterocycles. The van der Waals surface area contributed by atoms with E-state index in [0.29, 0.717) is 11.4 Å². The van der Waals surface area contributed by atoms with Crippen LogP contribution in [0.4, 0.5) is 0 Å².